The van der Waals surface area contributed by atoms with Gasteiger partial charge in [-0.15, -0.1) is 0 Å². The summed E-state index contributed by atoms with van der Waals surface area (Å²) in [4.78, 5) is 17.6. The molecule has 0 spiro atoms. The largest absolute Gasteiger partial charge is 0.445 e. The number of fused-ring (bicyclic) bond motifs is 2. The zero-order chi connectivity index (χ0) is 22.8. The topological polar surface area (TPSA) is 96.3 Å². The van der Waals surface area contributed by atoms with Crippen molar-refractivity contribution in [3.63, 3.8) is 0 Å². The van der Waals surface area contributed by atoms with Gasteiger partial charge in [-0.05, 0) is 63.5 Å². The van der Waals surface area contributed by atoms with Crippen molar-refractivity contribution >= 4 is 11.6 Å². The summed E-state index contributed by atoms with van der Waals surface area (Å²) < 4.78 is 12.0. The number of aromatic nitrogens is 1. The maximum atomic E-state index is 13.2. The van der Waals surface area contributed by atoms with E-state index >= 15 is 0 Å². The molecule has 1 amide bonds. The highest BCUT2D eigenvalue weighted by molar-refractivity contribution is 6.01. The molecule has 1 aromatic carbocycles. The Hall–Kier alpha value is -3.27. The first-order valence-corrected chi connectivity index (χ1v) is 11.4. The Morgan fingerprint density at radius 1 is 1.12 bits per heavy atom. The second kappa shape index (κ2) is 9.07. The zero-order valence-electron chi connectivity index (χ0n) is 19.1. The van der Waals surface area contributed by atoms with Gasteiger partial charge in [0, 0.05) is 24.3 Å². The normalized spacial score (nSPS) is 19.3. The van der Waals surface area contributed by atoms with E-state index < -0.39 is 0 Å². The van der Waals surface area contributed by atoms with Crippen LogP contribution in [0, 0.1) is 23.2 Å². The molecule has 2 N–H and O–H groups in total. The van der Waals surface area contributed by atoms with E-state index in [-0.39, 0.29) is 23.9 Å². The molecule has 2 aromatic rings. The molecule has 0 radical (unpaired) electrons. The van der Waals surface area contributed by atoms with E-state index in [1.54, 1.807) is 18.2 Å². The van der Waals surface area contributed by atoms with Gasteiger partial charge in [0.1, 0.15) is 0 Å². The van der Waals surface area contributed by atoms with Gasteiger partial charge in [-0.25, -0.2) is 4.98 Å². The second-order valence-corrected chi connectivity index (χ2v) is 9.29. The Morgan fingerprint density at radius 3 is 2.53 bits per heavy atom. The third-order valence-corrected chi connectivity index (χ3v) is 6.22. The van der Waals surface area contributed by atoms with Gasteiger partial charge in [-0.1, -0.05) is 13.8 Å². The standard InChI is InChI=1S/C25H30N4O3/c1-14(2)17-6-8-18(9-7-17)29-24(30)19-13-27-25-23(22(19)28-15(3)4)31-20-10-5-16(12-26)11-21(20)32-25/h5,10-11,13-15,17-18H,6-9H2,1-4H3,(H,27,28)(H,29,30). The highest BCUT2D eigenvalue weighted by atomic mass is 16.6. The summed E-state index contributed by atoms with van der Waals surface area (Å²) in [5, 5.41) is 15.7. The number of benzene rings is 1. The van der Waals surface area contributed by atoms with Gasteiger partial charge in [-0.3, -0.25) is 4.79 Å². The molecule has 1 aliphatic heterocycles. The molecule has 1 fully saturated rings. The fourth-order valence-electron chi connectivity index (χ4n) is 4.40. The summed E-state index contributed by atoms with van der Waals surface area (Å²) in [5.41, 5.74) is 1.47. The van der Waals surface area contributed by atoms with E-state index in [9.17, 15) is 4.79 Å². The maximum Gasteiger partial charge on any atom is 0.265 e. The Balaban J connectivity index is 1.58. The number of nitriles is 1. The first-order valence-electron chi connectivity index (χ1n) is 11.4. The smallest absolute Gasteiger partial charge is 0.265 e. The Morgan fingerprint density at radius 2 is 1.88 bits per heavy atom. The third-order valence-electron chi connectivity index (χ3n) is 6.22. The van der Waals surface area contributed by atoms with E-state index in [4.69, 9.17) is 14.7 Å². The first kappa shape index (κ1) is 21.9. The van der Waals surface area contributed by atoms with Gasteiger partial charge >= 0.3 is 0 Å². The lowest BCUT2D eigenvalue weighted by molar-refractivity contribution is 0.0918. The van der Waals surface area contributed by atoms with Gasteiger partial charge in [0.2, 0.25) is 5.75 Å². The van der Waals surface area contributed by atoms with Crippen LogP contribution in [0.5, 0.6) is 23.1 Å². The summed E-state index contributed by atoms with van der Waals surface area (Å²) in [5.74, 6) is 2.82. The summed E-state index contributed by atoms with van der Waals surface area (Å²) >= 11 is 0. The van der Waals surface area contributed by atoms with Crippen molar-refractivity contribution in [2.24, 2.45) is 11.8 Å². The van der Waals surface area contributed by atoms with E-state index in [1.165, 1.54) is 6.20 Å². The molecule has 1 aromatic heterocycles. The number of carbonyl (C=O) groups is 1. The Bertz CT molecular complexity index is 1050. The van der Waals surface area contributed by atoms with Gasteiger partial charge in [0.25, 0.3) is 11.8 Å². The van der Waals surface area contributed by atoms with Crippen molar-refractivity contribution < 1.29 is 14.3 Å². The molecule has 0 saturated heterocycles. The van der Waals surface area contributed by atoms with Crippen molar-refractivity contribution in [2.45, 2.75) is 65.5 Å². The lowest BCUT2D eigenvalue weighted by Crippen LogP contribution is -2.38. The van der Waals surface area contributed by atoms with E-state index in [1.807, 2.05) is 13.8 Å². The third kappa shape index (κ3) is 4.50. The zero-order valence-corrected chi connectivity index (χ0v) is 19.1. The molecule has 2 heterocycles. The summed E-state index contributed by atoms with van der Waals surface area (Å²) in [6.07, 6.45) is 5.80. The molecule has 1 saturated carbocycles. The quantitative estimate of drug-likeness (QED) is 0.541. The SMILES string of the molecule is CC(C)Nc1c(C(=O)NC2CCC(C(C)C)CC2)cnc2c1Oc1ccc(C#N)cc1O2. The fraction of sp³-hybridized carbons (Fsp3) is 0.480. The molecule has 2 aliphatic rings. The molecule has 1 aliphatic carbocycles. The minimum atomic E-state index is -0.161. The van der Waals surface area contributed by atoms with E-state index in [2.05, 4.69) is 35.5 Å². The van der Waals surface area contributed by atoms with Crippen LogP contribution in [0.2, 0.25) is 0 Å². The molecule has 0 bridgehead atoms. The van der Waals surface area contributed by atoms with Crippen LogP contribution in [-0.2, 0) is 0 Å². The van der Waals surface area contributed by atoms with Crippen LogP contribution in [0.4, 0.5) is 5.69 Å². The lowest BCUT2D eigenvalue weighted by Gasteiger charge is -2.31. The predicted octanol–water partition coefficient (Wildman–Crippen LogP) is 5.62. The number of nitrogens with one attached hydrogen (secondary N) is 2. The Kier molecular flexibility index (Phi) is 6.22. The number of nitrogens with zero attached hydrogens (tertiary/aromatic N) is 2. The minimum Gasteiger partial charge on any atom is -0.445 e. The molecule has 4 rings (SSSR count). The van der Waals surface area contributed by atoms with Crippen LogP contribution < -0.4 is 20.1 Å². The van der Waals surface area contributed by atoms with Gasteiger partial charge in [0.05, 0.1) is 22.9 Å². The highest BCUT2D eigenvalue weighted by Crippen LogP contribution is 2.49. The fourth-order valence-corrected chi connectivity index (χ4v) is 4.40. The molecule has 32 heavy (non-hydrogen) atoms. The number of hydrogen-bond donors (Lipinski definition) is 2. The highest BCUT2D eigenvalue weighted by Gasteiger charge is 2.30. The average Bonchev–Trinajstić information content (AvgIpc) is 2.77. The van der Waals surface area contributed by atoms with Crippen LogP contribution in [0.25, 0.3) is 0 Å². The number of ether oxygens (including phenoxy) is 2. The van der Waals surface area contributed by atoms with Crippen LogP contribution >= 0.6 is 0 Å². The molecule has 7 nitrogen and oxygen atoms in total. The van der Waals surface area contributed by atoms with Crippen molar-refractivity contribution in [3.05, 3.63) is 35.5 Å². The number of rotatable bonds is 5. The average molecular weight is 435 g/mol. The molecular formula is C25H30N4O3. The number of anilines is 1. The van der Waals surface area contributed by atoms with Gasteiger partial charge in [0.15, 0.2) is 11.5 Å². The van der Waals surface area contributed by atoms with Gasteiger partial charge < -0.3 is 20.1 Å². The molecular weight excluding hydrogens is 404 g/mol. The molecule has 0 unspecified atom stereocenters. The van der Waals surface area contributed by atoms with Crippen molar-refractivity contribution in [3.8, 4) is 29.2 Å². The van der Waals surface area contributed by atoms with E-state index in [0.29, 0.717) is 40.0 Å². The summed E-state index contributed by atoms with van der Waals surface area (Å²) in [7, 11) is 0. The lowest BCUT2D eigenvalue weighted by atomic mass is 9.79. The van der Waals surface area contributed by atoms with Gasteiger partial charge in [-0.2, -0.15) is 5.26 Å². The molecule has 168 valence electrons. The molecule has 7 heteroatoms. The number of hydrogen-bond acceptors (Lipinski definition) is 6. The number of pyridine rings is 1. The summed E-state index contributed by atoms with van der Waals surface area (Å²) in [6, 6.07) is 7.30. The predicted molar refractivity (Wildman–Crippen MR) is 122 cm³/mol. The monoisotopic (exact) mass is 434 g/mol. The minimum absolute atomic E-state index is 0.0699. The second-order valence-electron chi connectivity index (χ2n) is 9.29. The first-order chi connectivity index (χ1) is 15.4. The van der Waals surface area contributed by atoms with Crippen LogP contribution in [0.3, 0.4) is 0 Å². The van der Waals surface area contributed by atoms with Crippen LogP contribution in [0.15, 0.2) is 24.4 Å². The Labute approximate surface area is 189 Å². The summed E-state index contributed by atoms with van der Waals surface area (Å²) in [6.45, 7) is 8.54. The van der Waals surface area contributed by atoms with Crippen LogP contribution in [0.1, 0.15) is 69.3 Å². The number of carbonyl (C=O) groups excluding carboxylic acids is 1. The van der Waals surface area contributed by atoms with Crippen LogP contribution in [-0.4, -0.2) is 23.0 Å². The van der Waals surface area contributed by atoms with Crippen molar-refractivity contribution in [1.29, 1.82) is 5.26 Å². The van der Waals surface area contributed by atoms with Crippen molar-refractivity contribution in [1.82, 2.24) is 10.3 Å². The number of amides is 1. The maximum absolute atomic E-state index is 13.2. The van der Waals surface area contributed by atoms with E-state index in [0.717, 1.165) is 31.6 Å². The van der Waals surface area contributed by atoms with Crippen molar-refractivity contribution in [2.75, 3.05) is 5.32 Å². The molecule has 0 atom stereocenters.